The van der Waals surface area contributed by atoms with Crippen LogP contribution in [0.2, 0.25) is 0 Å². The second-order valence-corrected chi connectivity index (χ2v) is 6.03. The molecule has 1 fully saturated rings. The third-order valence-corrected chi connectivity index (χ3v) is 4.40. The molecule has 1 aliphatic heterocycles. The molecule has 18 heavy (non-hydrogen) atoms. The van der Waals surface area contributed by atoms with Crippen molar-refractivity contribution in [2.75, 3.05) is 13.6 Å². The monoisotopic (exact) mass is 269 g/mol. The van der Waals surface area contributed by atoms with Crippen molar-refractivity contribution < 1.29 is 13.2 Å². The largest absolute Gasteiger partial charge is 0.344 e. The topological polar surface area (TPSA) is 79.4 Å². The van der Waals surface area contributed by atoms with E-state index in [1.807, 2.05) is 0 Å². The van der Waals surface area contributed by atoms with Crippen molar-refractivity contribution in [2.45, 2.75) is 23.8 Å². The van der Waals surface area contributed by atoms with Gasteiger partial charge in [0.05, 0.1) is 0 Å². The highest BCUT2D eigenvalue weighted by atomic mass is 32.2. The maximum Gasteiger partial charge on any atom is 0.242 e. The summed E-state index contributed by atoms with van der Waals surface area (Å²) in [5.74, 6) is 0.0480. The lowest BCUT2D eigenvalue weighted by molar-refractivity contribution is -0.132. The highest BCUT2D eigenvalue weighted by Crippen LogP contribution is 2.13. The molecule has 2 heterocycles. The lowest BCUT2D eigenvalue weighted by atomic mass is 10.1. The van der Waals surface area contributed by atoms with Crippen LogP contribution in [0.5, 0.6) is 0 Å². The maximum absolute atomic E-state index is 12.0. The molecule has 2 rings (SSSR count). The van der Waals surface area contributed by atoms with E-state index >= 15 is 0 Å². The molecule has 1 N–H and O–H groups in total. The summed E-state index contributed by atoms with van der Waals surface area (Å²) in [5, 5.41) is 0. The van der Waals surface area contributed by atoms with Crippen LogP contribution in [0.3, 0.4) is 0 Å². The smallest absolute Gasteiger partial charge is 0.242 e. The van der Waals surface area contributed by atoms with E-state index in [0.717, 1.165) is 0 Å². The Kier molecular flexibility index (Phi) is 3.63. The quantitative estimate of drug-likeness (QED) is 0.836. The zero-order valence-corrected chi connectivity index (χ0v) is 10.9. The van der Waals surface area contributed by atoms with Gasteiger partial charge in [-0.25, -0.2) is 13.1 Å². The van der Waals surface area contributed by atoms with Gasteiger partial charge in [-0.1, -0.05) is 0 Å². The molecule has 1 amide bonds. The fourth-order valence-electron chi connectivity index (χ4n) is 1.90. The van der Waals surface area contributed by atoms with Crippen LogP contribution in [0.4, 0.5) is 0 Å². The van der Waals surface area contributed by atoms with Crippen LogP contribution in [0.1, 0.15) is 12.8 Å². The molecular weight excluding hydrogens is 254 g/mol. The van der Waals surface area contributed by atoms with Crippen molar-refractivity contribution in [3.8, 4) is 0 Å². The number of amides is 1. The Bertz CT molecular complexity index is 530. The third-order valence-electron chi connectivity index (χ3n) is 2.89. The van der Waals surface area contributed by atoms with E-state index in [2.05, 4.69) is 9.71 Å². The third kappa shape index (κ3) is 2.85. The van der Waals surface area contributed by atoms with Crippen LogP contribution in [-0.2, 0) is 14.8 Å². The molecule has 0 saturated carbocycles. The van der Waals surface area contributed by atoms with Crippen LogP contribution in [0.25, 0.3) is 0 Å². The molecule has 0 bridgehead atoms. The Balaban J connectivity index is 2.08. The van der Waals surface area contributed by atoms with Gasteiger partial charge in [-0.15, -0.1) is 0 Å². The van der Waals surface area contributed by atoms with Gasteiger partial charge in [-0.3, -0.25) is 9.78 Å². The second-order valence-electron chi connectivity index (χ2n) is 4.32. The van der Waals surface area contributed by atoms with Gasteiger partial charge in [0.25, 0.3) is 0 Å². The number of sulfonamides is 1. The fraction of sp³-hybridized carbons (Fsp3) is 0.455. The minimum atomic E-state index is -3.55. The van der Waals surface area contributed by atoms with E-state index in [4.69, 9.17) is 0 Å². The summed E-state index contributed by atoms with van der Waals surface area (Å²) in [7, 11) is -1.88. The molecule has 98 valence electrons. The first-order valence-electron chi connectivity index (χ1n) is 5.65. The first kappa shape index (κ1) is 13.0. The molecule has 1 aromatic heterocycles. The first-order valence-corrected chi connectivity index (χ1v) is 7.14. The Morgan fingerprint density at radius 3 is 2.89 bits per heavy atom. The van der Waals surface area contributed by atoms with Gasteiger partial charge in [-0.2, -0.15) is 0 Å². The van der Waals surface area contributed by atoms with E-state index in [9.17, 15) is 13.2 Å². The number of nitrogens with zero attached hydrogens (tertiary/aromatic N) is 2. The zero-order chi connectivity index (χ0) is 13.2. The summed E-state index contributed by atoms with van der Waals surface area (Å²) in [6, 6.07) is 2.83. The molecular formula is C11H15N3O3S. The average molecular weight is 269 g/mol. The van der Waals surface area contributed by atoms with Crippen molar-refractivity contribution in [3.05, 3.63) is 24.5 Å². The molecule has 0 spiro atoms. The van der Waals surface area contributed by atoms with Crippen molar-refractivity contribution in [2.24, 2.45) is 0 Å². The summed E-state index contributed by atoms with van der Waals surface area (Å²) in [6.07, 6.45) is 3.73. The predicted molar refractivity (Wildman–Crippen MR) is 65.2 cm³/mol. The van der Waals surface area contributed by atoms with Gasteiger partial charge >= 0.3 is 0 Å². The molecule has 1 aliphatic rings. The van der Waals surface area contributed by atoms with Gasteiger partial charge in [0.1, 0.15) is 4.90 Å². The van der Waals surface area contributed by atoms with E-state index < -0.39 is 10.0 Å². The van der Waals surface area contributed by atoms with E-state index in [1.165, 1.54) is 18.5 Å². The van der Waals surface area contributed by atoms with Gasteiger partial charge in [0.15, 0.2) is 0 Å². The number of piperidine rings is 1. The molecule has 0 aliphatic carbocycles. The lowest BCUT2D eigenvalue weighted by Gasteiger charge is -2.29. The molecule has 0 unspecified atom stereocenters. The molecule has 1 aromatic rings. The van der Waals surface area contributed by atoms with Crippen LogP contribution in [0, 0.1) is 0 Å². The summed E-state index contributed by atoms with van der Waals surface area (Å²) >= 11 is 0. The Hall–Kier alpha value is -1.47. The van der Waals surface area contributed by atoms with Crippen LogP contribution in [-0.4, -0.2) is 43.8 Å². The molecule has 6 nitrogen and oxygen atoms in total. The molecule has 0 aromatic carbocycles. The van der Waals surface area contributed by atoms with Crippen molar-refractivity contribution in [3.63, 3.8) is 0 Å². The minimum absolute atomic E-state index is 0.0480. The van der Waals surface area contributed by atoms with E-state index in [-0.39, 0.29) is 16.8 Å². The summed E-state index contributed by atoms with van der Waals surface area (Å²) < 4.78 is 26.7. The minimum Gasteiger partial charge on any atom is -0.344 e. The number of rotatable bonds is 3. The van der Waals surface area contributed by atoms with Crippen molar-refractivity contribution in [1.29, 1.82) is 0 Å². The number of hydrogen-bond acceptors (Lipinski definition) is 4. The molecule has 1 saturated heterocycles. The molecule has 0 radical (unpaired) electrons. The highest BCUT2D eigenvalue weighted by Gasteiger charge is 2.27. The van der Waals surface area contributed by atoms with Crippen LogP contribution >= 0.6 is 0 Å². The van der Waals surface area contributed by atoms with Gasteiger partial charge in [0, 0.05) is 38.4 Å². The number of carbonyl (C=O) groups excluding carboxylic acids is 1. The first-order chi connectivity index (χ1) is 8.49. The number of aromatic nitrogens is 1. The Morgan fingerprint density at radius 2 is 2.28 bits per heavy atom. The second kappa shape index (κ2) is 5.03. The SMILES string of the molecule is CN1C[C@@H](NS(=O)(=O)c2cccnc2)CCC1=O. The zero-order valence-electron chi connectivity index (χ0n) is 10.0. The number of nitrogens with one attached hydrogen (secondary N) is 1. The van der Waals surface area contributed by atoms with E-state index in [0.29, 0.717) is 19.4 Å². The number of hydrogen-bond donors (Lipinski definition) is 1. The van der Waals surface area contributed by atoms with Crippen LogP contribution in [0.15, 0.2) is 29.4 Å². The van der Waals surface area contributed by atoms with Crippen molar-refractivity contribution >= 4 is 15.9 Å². The Morgan fingerprint density at radius 1 is 1.50 bits per heavy atom. The van der Waals surface area contributed by atoms with Crippen LogP contribution < -0.4 is 4.72 Å². The number of pyridine rings is 1. The Labute approximate surface area is 106 Å². The normalized spacial score (nSPS) is 21.1. The molecule has 7 heteroatoms. The number of likely N-dealkylation sites (N-methyl/N-ethyl adjacent to an activating group) is 1. The highest BCUT2D eigenvalue weighted by molar-refractivity contribution is 7.89. The standard InChI is InChI=1S/C11H15N3O3S/c1-14-8-9(4-5-11(14)15)13-18(16,17)10-3-2-6-12-7-10/h2-3,6-7,9,13H,4-5,8H2,1H3/t9-/m0/s1. The summed E-state index contributed by atoms with van der Waals surface area (Å²) in [5.41, 5.74) is 0. The van der Waals surface area contributed by atoms with E-state index in [1.54, 1.807) is 18.0 Å². The lowest BCUT2D eigenvalue weighted by Crippen LogP contribution is -2.48. The summed E-state index contributed by atoms with van der Waals surface area (Å²) in [4.78, 5) is 16.8. The summed E-state index contributed by atoms with van der Waals surface area (Å²) in [6.45, 7) is 0.401. The van der Waals surface area contributed by atoms with Crippen molar-refractivity contribution in [1.82, 2.24) is 14.6 Å². The van der Waals surface area contributed by atoms with Gasteiger partial charge < -0.3 is 4.90 Å². The van der Waals surface area contributed by atoms with Gasteiger partial charge in [-0.05, 0) is 18.6 Å². The van der Waals surface area contributed by atoms with Gasteiger partial charge in [0.2, 0.25) is 15.9 Å². The fourth-order valence-corrected chi connectivity index (χ4v) is 3.13. The molecule has 1 atom stereocenters. The predicted octanol–water partition coefficient (Wildman–Crippen LogP) is -0.0193. The maximum atomic E-state index is 12.0. The number of carbonyl (C=O) groups is 1. The number of likely N-dealkylation sites (tertiary alicyclic amines) is 1. The average Bonchev–Trinajstić information content (AvgIpc) is 2.35.